The van der Waals surface area contributed by atoms with Crippen LogP contribution in [0.3, 0.4) is 0 Å². The van der Waals surface area contributed by atoms with Crippen LogP contribution in [-0.4, -0.2) is 9.97 Å². The van der Waals surface area contributed by atoms with Crippen molar-refractivity contribution in [1.82, 2.24) is 9.97 Å². The zero-order valence-corrected chi connectivity index (χ0v) is 16.2. The number of nitrogens with zero attached hydrogens (tertiary/aromatic N) is 7. The van der Waals surface area contributed by atoms with Crippen LogP contribution in [0.25, 0.3) is 43.4 Å². The van der Waals surface area contributed by atoms with Crippen LogP contribution in [0.2, 0.25) is 0 Å². The number of hydrogen-bond donors (Lipinski definition) is 0. The van der Waals surface area contributed by atoms with E-state index in [2.05, 4.69) is 16.0 Å². The Kier molecular flexibility index (Phi) is 3.90. The lowest BCUT2D eigenvalue weighted by atomic mass is 9.89. The molecule has 0 fully saturated rings. The van der Waals surface area contributed by atoms with E-state index in [9.17, 15) is 26.3 Å². The zero-order valence-electron chi connectivity index (χ0n) is 16.2. The van der Waals surface area contributed by atoms with Crippen LogP contribution < -0.4 is 0 Å². The Morgan fingerprint density at radius 1 is 0.562 bits per heavy atom. The number of hydrogen-bond acceptors (Lipinski definition) is 7. The van der Waals surface area contributed by atoms with Crippen LogP contribution in [0.15, 0.2) is 42.5 Å². The second-order valence-electron chi connectivity index (χ2n) is 7.02. The lowest BCUT2D eigenvalue weighted by Gasteiger charge is -2.13. The predicted octanol–water partition coefficient (Wildman–Crippen LogP) is 4.45. The molecule has 0 radical (unpaired) electrons. The van der Waals surface area contributed by atoms with E-state index < -0.39 is 0 Å². The van der Waals surface area contributed by atoms with Gasteiger partial charge in [0, 0.05) is 16.2 Å². The number of aromatic nitrogens is 2. The molecule has 142 valence electrons. The van der Waals surface area contributed by atoms with Gasteiger partial charge in [-0.3, -0.25) is 0 Å². The molecule has 0 unspecified atom stereocenters. The highest BCUT2D eigenvalue weighted by Gasteiger charge is 2.21. The van der Waals surface area contributed by atoms with Crippen molar-refractivity contribution in [2.75, 3.05) is 0 Å². The average molecular weight is 405 g/mol. The fraction of sp³-hybridized carbons (Fsp3) is 0. The third-order valence-corrected chi connectivity index (χ3v) is 5.44. The number of benzene rings is 4. The maximum atomic E-state index is 9.95. The summed E-state index contributed by atoms with van der Waals surface area (Å²) in [5, 5.41) is 52.1. The SMILES string of the molecule is N#Cc1cc2c3nc(C#N)c(C#N)nc3c3cc4ccccc4cc3c2c(C#N)c1C#N. The molecule has 32 heavy (non-hydrogen) atoms. The lowest BCUT2D eigenvalue weighted by molar-refractivity contribution is 1.21. The van der Waals surface area contributed by atoms with E-state index in [1.54, 1.807) is 0 Å². The Balaban J connectivity index is 2.22. The standard InChI is InChI=1S/C25H7N7/c26-8-15-7-18-23(20(10-28)19(15)9-27)16-5-13-3-1-2-4-14(13)6-17(16)24-25(18)32-22(12-30)21(11-29)31-24/h1-7H. The highest BCUT2D eigenvalue weighted by Crippen LogP contribution is 2.39. The normalized spacial score (nSPS) is 10.3. The Hall–Kier alpha value is -5.55. The Bertz CT molecular complexity index is 1880. The predicted molar refractivity (Wildman–Crippen MR) is 116 cm³/mol. The second-order valence-corrected chi connectivity index (χ2v) is 7.02. The summed E-state index contributed by atoms with van der Waals surface area (Å²) in [5.41, 5.74) is 0.489. The van der Waals surface area contributed by atoms with Crippen molar-refractivity contribution in [1.29, 1.82) is 26.3 Å². The minimum Gasteiger partial charge on any atom is -0.232 e. The molecule has 0 saturated carbocycles. The fourth-order valence-electron chi connectivity index (χ4n) is 4.08. The van der Waals surface area contributed by atoms with Gasteiger partial charge >= 0.3 is 0 Å². The van der Waals surface area contributed by atoms with Gasteiger partial charge in [-0.1, -0.05) is 24.3 Å². The van der Waals surface area contributed by atoms with Crippen LogP contribution >= 0.6 is 0 Å². The average Bonchev–Trinajstić information content (AvgIpc) is 2.85. The molecule has 1 aromatic heterocycles. The quantitative estimate of drug-likeness (QED) is 0.273. The van der Waals surface area contributed by atoms with Gasteiger partial charge in [-0.25, -0.2) is 9.97 Å². The third kappa shape index (κ3) is 2.36. The summed E-state index contributed by atoms with van der Waals surface area (Å²) in [6.45, 7) is 0. The maximum Gasteiger partial charge on any atom is 0.177 e. The topological polar surface area (TPSA) is 145 Å². The molecule has 0 N–H and O–H groups in total. The van der Waals surface area contributed by atoms with Crippen molar-refractivity contribution in [2.24, 2.45) is 0 Å². The Morgan fingerprint density at radius 2 is 1.12 bits per heavy atom. The van der Waals surface area contributed by atoms with Gasteiger partial charge in [0.25, 0.3) is 0 Å². The first kappa shape index (κ1) is 18.5. The van der Waals surface area contributed by atoms with Crippen LogP contribution in [0.5, 0.6) is 0 Å². The van der Waals surface area contributed by atoms with Crippen LogP contribution in [0.4, 0.5) is 0 Å². The molecular formula is C25H7N7. The van der Waals surface area contributed by atoms with Gasteiger partial charge in [0.2, 0.25) is 0 Å². The van der Waals surface area contributed by atoms with Gasteiger partial charge in [-0.15, -0.1) is 0 Å². The van der Waals surface area contributed by atoms with E-state index in [0.29, 0.717) is 27.1 Å². The molecule has 1 heterocycles. The first-order valence-corrected chi connectivity index (χ1v) is 9.32. The molecule has 7 heteroatoms. The smallest absolute Gasteiger partial charge is 0.177 e. The molecule has 0 spiro atoms. The van der Waals surface area contributed by atoms with Crippen molar-refractivity contribution in [3.63, 3.8) is 0 Å². The monoisotopic (exact) mass is 405 g/mol. The Morgan fingerprint density at radius 3 is 1.66 bits per heavy atom. The lowest BCUT2D eigenvalue weighted by Crippen LogP contribution is -2.00. The summed E-state index contributed by atoms with van der Waals surface area (Å²) in [6, 6.07) is 22.7. The minimum absolute atomic E-state index is 0.0154. The molecule has 0 amide bonds. The van der Waals surface area contributed by atoms with E-state index in [1.165, 1.54) is 6.07 Å². The van der Waals surface area contributed by atoms with Crippen molar-refractivity contribution < 1.29 is 0 Å². The molecular weight excluding hydrogens is 398 g/mol. The van der Waals surface area contributed by atoms with E-state index in [1.807, 2.05) is 60.7 Å². The molecule has 0 bridgehead atoms. The first-order valence-electron chi connectivity index (χ1n) is 9.32. The first-order chi connectivity index (χ1) is 15.6. The van der Waals surface area contributed by atoms with Gasteiger partial charge in [0.15, 0.2) is 11.4 Å². The maximum absolute atomic E-state index is 9.95. The van der Waals surface area contributed by atoms with Crippen molar-refractivity contribution in [3.8, 4) is 30.3 Å². The van der Waals surface area contributed by atoms with Gasteiger partial charge in [-0.2, -0.15) is 26.3 Å². The zero-order chi connectivity index (χ0) is 22.4. The van der Waals surface area contributed by atoms with Crippen LogP contribution in [-0.2, 0) is 0 Å². The molecule has 5 rings (SSSR count). The van der Waals surface area contributed by atoms with Crippen molar-refractivity contribution in [3.05, 3.63) is 70.5 Å². The molecule has 5 aromatic rings. The molecule has 4 aromatic carbocycles. The summed E-state index contributed by atoms with van der Waals surface area (Å²) in [7, 11) is 0. The molecule has 0 aliphatic heterocycles. The number of nitriles is 5. The van der Waals surface area contributed by atoms with E-state index >= 15 is 0 Å². The highest BCUT2D eigenvalue weighted by molar-refractivity contribution is 6.27. The van der Waals surface area contributed by atoms with Gasteiger partial charge in [0.1, 0.15) is 30.3 Å². The summed E-state index contributed by atoms with van der Waals surface area (Å²) in [6.07, 6.45) is 0. The molecule has 7 nitrogen and oxygen atoms in total. The van der Waals surface area contributed by atoms with Gasteiger partial charge < -0.3 is 0 Å². The Labute approximate surface area is 180 Å². The fourth-order valence-corrected chi connectivity index (χ4v) is 4.08. The van der Waals surface area contributed by atoms with Crippen molar-refractivity contribution >= 4 is 43.4 Å². The van der Waals surface area contributed by atoms with Crippen LogP contribution in [0.1, 0.15) is 28.1 Å². The molecule has 0 saturated heterocycles. The number of fused-ring (bicyclic) bond motifs is 7. The second kappa shape index (κ2) is 6.76. The highest BCUT2D eigenvalue weighted by atomic mass is 14.8. The largest absolute Gasteiger partial charge is 0.232 e. The number of rotatable bonds is 0. The minimum atomic E-state index is -0.150. The van der Waals surface area contributed by atoms with Gasteiger partial charge in [-0.05, 0) is 34.4 Å². The molecule has 0 atom stereocenters. The summed E-state index contributed by atoms with van der Waals surface area (Å²) in [4.78, 5) is 8.81. The summed E-state index contributed by atoms with van der Waals surface area (Å²) in [5.74, 6) is 0. The summed E-state index contributed by atoms with van der Waals surface area (Å²) >= 11 is 0. The third-order valence-electron chi connectivity index (χ3n) is 5.44. The van der Waals surface area contributed by atoms with E-state index in [0.717, 1.165) is 10.8 Å². The van der Waals surface area contributed by atoms with Crippen LogP contribution in [0, 0.1) is 56.7 Å². The van der Waals surface area contributed by atoms with E-state index in [-0.39, 0.29) is 33.6 Å². The summed E-state index contributed by atoms with van der Waals surface area (Å²) < 4.78 is 0. The van der Waals surface area contributed by atoms with Gasteiger partial charge in [0.05, 0.1) is 27.7 Å². The van der Waals surface area contributed by atoms with Crippen molar-refractivity contribution in [2.45, 2.75) is 0 Å². The van der Waals surface area contributed by atoms with E-state index in [4.69, 9.17) is 0 Å². The molecule has 0 aliphatic rings. The molecule has 0 aliphatic carbocycles.